The Morgan fingerprint density at radius 2 is 2.17 bits per heavy atom. The van der Waals surface area contributed by atoms with Crippen LogP contribution in [0.5, 0.6) is 5.75 Å². The first-order valence-corrected chi connectivity index (χ1v) is 6.49. The van der Waals surface area contributed by atoms with Crippen LogP contribution in [0.1, 0.15) is 18.7 Å². The molecule has 0 saturated carbocycles. The second-order valence-electron chi connectivity index (χ2n) is 4.19. The van der Waals surface area contributed by atoms with Gasteiger partial charge in [-0.15, -0.1) is 0 Å². The summed E-state index contributed by atoms with van der Waals surface area (Å²) in [5.74, 6) is -0.105. The second kappa shape index (κ2) is 5.46. The van der Waals surface area contributed by atoms with E-state index in [1.165, 1.54) is 17.6 Å². The van der Waals surface area contributed by atoms with E-state index in [9.17, 15) is 4.39 Å². The maximum Gasteiger partial charge on any atom is 0.165 e. The third kappa shape index (κ3) is 2.86. The molecule has 0 unspecified atom stereocenters. The minimum Gasteiger partial charge on any atom is -0.488 e. The maximum absolute atomic E-state index is 13.8. The first-order valence-electron chi connectivity index (χ1n) is 5.72. The number of rotatable bonds is 4. The minimum atomic E-state index is -0.372. The lowest BCUT2D eigenvalue weighted by Crippen LogP contribution is -2.06. The largest absolute Gasteiger partial charge is 0.488 e. The van der Waals surface area contributed by atoms with Gasteiger partial charge in [0.15, 0.2) is 11.6 Å². The zero-order chi connectivity index (χ0) is 13.1. The molecule has 18 heavy (non-hydrogen) atoms. The summed E-state index contributed by atoms with van der Waals surface area (Å²) in [6, 6.07) is 6.75. The van der Waals surface area contributed by atoms with Gasteiger partial charge in [0, 0.05) is 17.0 Å². The fraction of sp³-hybridized carbons (Fsp3) is 0.308. The molecule has 0 aliphatic rings. The van der Waals surface area contributed by atoms with E-state index < -0.39 is 0 Å². The van der Waals surface area contributed by atoms with Gasteiger partial charge in [0.1, 0.15) is 0 Å². The average molecular weight is 266 g/mol. The molecule has 2 N–H and O–H groups in total. The molecule has 0 bridgehead atoms. The molecule has 96 valence electrons. The van der Waals surface area contributed by atoms with E-state index in [1.54, 1.807) is 12.1 Å². The summed E-state index contributed by atoms with van der Waals surface area (Å²) >= 11 is 1.34. The highest BCUT2D eigenvalue weighted by molar-refractivity contribution is 7.06. The Balaban J connectivity index is 2.28. The van der Waals surface area contributed by atoms with E-state index in [-0.39, 0.29) is 17.7 Å². The van der Waals surface area contributed by atoms with Crippen molar-refractivity contribution in [3.05, 3.63) is 35.0 Å². The summed E-state index contributed by atoms with van der Waals surface area (Å²) in [7, 11) is 0. The van der Waals surface area contributed by atoms with Crippen LogP contribution in [0.3, 0.4) is 0 Å². The van der Waals surface area contributed by atoms with Gasteiger partial charge >= 0.3 is 0 Å². The smallest absolute Gasteiger partial charge is 0.165 e. The lowest BCUT2D eigenvalue weighted by molar-refractivity contribution is 0.231. The van der Waals surface area contributed by atoms with E-state index in [0.29, 0.717) is 6.54 Å². The summed E-state index contributed by atoms with van der Waals surface area (Å²) in [6.45, 7) is 4.18. The molecule has 5 heteroatoms. The summed E-state index contributed by atoms with van der Waals surface area (Å²) in [6.07, 6.45) is -0.0477. The summed E-state index contributed by atoms with van der Waals surface area (Å²) < 4.78 is 23.4. The van der Waals surface area contributed by atoms with Crippen LogP contribution >= 0.6 is 11.5 Å². The molecule has 0 fully saturated rings. The highest BCUT2D eigenvalue weighted by Gasteiger charge is 2.09. The quantitative estimate of drug-likeness (QED) is 0.924. The van der Waals surface area contributed by atoms with Crippen LogP contribution in [-0.4, -0.2) is 10.5 Å². The Morgan fingerprint density at radius 3 is 2.72 bits per heavy atom. The first kappa shape index (κ1) is 13.0. The Morgan fingerprint density at radius 1 is 1.39 bits per heavy atom. The van der Waals surface area contributed by atoms with Gasteiger partial charge in [-0.25, -0.2) is 4.39 Å². The van der Waals surface area contributed by atoms with Crippen LogP contribution in [0, 0.1) is 5.82 Å². The molecular formula is C13H15FN2OS. The molecule has 1 heterocycles. The number of aromatic nitrogens is 1. The van der Waals surface area contributed by atoms with E-state index in [0.717, 1.165) is 16.1 Å². The van der Waals surface area contributed by atoms with Crippen molar-refractivity contribution in [2.45, 2.75) is 26.5 Å². The van der Waals surface area contributed by atoms with Gasteiger partial charge in [-0.05, 0) is 49.6 Å². The molecular weight excluding hydrogens is 251 g/mol. The number of ether oxygens (including phenoxy) is 1. The Hall–Kier alpha value is -1.46. The van der Waals surface area contributed by atoms with Crippen LogP contribution < -0.4 is 10.5 Å². The Bertz CT molecular complexity index is 540. The van der Waals surface area contributed by atoms with Gasteiger partial charge in [0.25, 0.3) is 0 Å². The van der Waals surface area contributed by atoms with E-state index >= 15 is 0 Å². The van der Waals surface area contributed by atoms with Crippen molar-refractivity contribution in [1.82, 2.24) is 4.37 Å². The van der Waals surface area contributed by atoms with Gasteiger partial charge in [-0.1, -0.05) is 0 Å². The van der Waals surface area contributed by atoms with Crippen LogP contribution in [0.4, 0.5) is 4.39 Å². The summed E-state index contributed by atoms with van der Waals surface area (Å²) in [4.78, 5) is 0.980. The first-order chi connectivity index (χ1) is 8.60. The van der Waals surface area contributed by atoms with Crippen molar-refractivity contribution < 1.29 is 9.13 Å². The number of halogens is 1. The zero-order valence-electron chi connectivity index (χ0n) is 10.3. The van der Waals surface area contributed by atoms with Gasteiger partial charge < -0.3 is 10.5 Å². The van der Waals surface area contributed by atoms with E-state index in [1.807, 2.05) is 19.9 Å². The monoisotopic (exact) mass is 266 g/mol. The van der Waals surface area contributed by atoms with Crippen molar-refractivity contribution in [3.8, 4) is 17.0 Å². The number of nitrogens with two attached hydrogens (primary N) is 1. The molecule has 1 aromatic heterocycles. The molecule has 0 radical (unpaired) electrons. The zero-order valence-corrected chi connectivity index (χ0v) is 11.1. The third-order valence-electron chi connectivity index (χ3n) is 2.35. The third-order valence-corrected chi connectivity index (χ3v) is 3.16. The molecule has 1 aromatic carbocycles. The maximum atomic E-state index is 13.8. The van der Waals surface area contributed by atoms with E-state index in [2.05, 4.69) is 4.37 Å². The fourth-order valence-corrected chi connectivity index (χ4v) is 2.17. The lowest BCUT2D eigenvalue weighted by atomic mass is 10.1. The van der Waals surface area contributed by atoms with Gasteiger partial charge in [0.05, 0.1) is 11.8 Å². The van der Waals surface area contributed by atoms with Crippen LogP contribution in [-0.2, 0) is 6.54 Å². The highest BCUT2D eigenvalue weighted by Crippen LogP contribution is 2.27. The van der Waals surface area contributed by atoms with Gasteiger partial charge in [-0.3, -0.25) is 0 Å². The molecule has 0 amide bonds. The molecule has 2 aromatic rings. The molecule has 0 saturated heterocycles. The van der Waals surface area contributed by atoms with E-state index in [4.69, 9.17) is 10.5 Å². The van der Waals surface area contributed by atoms with Crippen LogP contribution in [0.2, 0.25) is 0 Å². The van der Waals surface area contributed by atoms with Crippen molar-refractivity contribution in [2.75, 3.05) is 0 Å². The average Bonchev–Trinajstić information content (AvgIpc) is 2.80. The minimum absolute atomic E-state index is 0.0477. The fourth-order valence-electron chi connectivity index (χ4n) is 1.55. The van der Waals surface area contributed by atoms with Crippen molar-refractivity contribution in [1.29, 1.82) is 0 Å². The van der Waals surface area contributed by atoms with Gasteiger partial charge in [-0.2, -0.15) is 4.37 Å². The summed E-state index contributed by atoms with van der Waals surface area (Å²) in [5, 5.41) is 0. The number of hydrogen-bond acceptors (Lipinski definition) is 4. The topological polar surface area (TPSA) is 48.1 Å². The van der Waals surface area contributed by atoms with Crippen molar-refractivity contribution >= 4 is 11.5 Å². The molecule has 0 atom stereocenters. The molecule has 3 nitrogen and oxygen atoms in total. The number of benzene rings is 1. The molecule has 0 spiro atoms. The van der Waals surface area contributed by atoms with Crippen molar-refractivity contribution in [2.24, 2.45) is 5.73 Å². The predicted molar refractivity (Wildman–Crippen MR) is 71.2 cm³/mol. The lowest BCUT2D eigenvalue weighted by Gasteiger charge is -2.10. The molecule has 2 rings (SSSR count). The summed E-state index contributed by atoms with van der Waals surface area (Å²) in [5.41, 5.74) is 7.01. The SMILES string of the molecule is CC(C)Oc1ccc(-c2cc(CN)sn2)cc1F. The predicted octanol–water partition coefficient (Wildman–Crippen LogP) is 3.20. The molecule has 0 aliphatic heterocycles. The highest BCUT2D eigenvalue weighted by atomic mass is 32.1. The van der Waals surface area contributed by atoms with Gasteiger partial charge in [0.2, 0.25) is 0 Å². The Labute approximate surface area is 110 Å². The normalized spacial score (nSPS) is 10.9. The Kier molecular flexibility index (Phi) is 3.93. The molecule has 0 aliphatic carbocycles. The number of hydrogen-bond donors (Lipinski definition) is 1. The number of nitrogens with zero attached hydrogens (tertiary/aromatic N) is 1. The standard InChI is InChI=1S/C13H15FN2OS/c1-8(2)17-13-4-3-9(5-11(13)14)12-6-10(7-15)18-16-12/h3-6,8H,7,15H2,1-2H3. The van der Waals surface area contributed by atoms with Crippen LogP contribution in [0.25, 0.3) is 11.3 Å². The van der Waals surface area contributed by atoms with Crippen LogP contribution in [0.15, 0.2) is 24.3 Å². The second-order valence-corrected chi connectivity index (χ2v) is 5.08. The van der Waals surface area contributed by atoms with Crippen molar-refractivity contribution in [3.63, 3.8) is 0 Å².